The summed E-state index contributed by atoms with van der Waals surface area (Å²) in [5.74, 6) is -1.76. The second-order valence-corrected chi connectivity index (χ2v) is 9.31. The molecule has 2 aromatic carbocycles. The molecule has 10 heteroatoms. The van der Waals surface area contributed by atoms with Crippen LogP contribution in [0.3, 0.4) is 0 Å². The first kappa shape index (κ1) is 23.7. The average Bonchev–Trinajstić information content (AvgIpc) is 3.21. The molecule has 1 amide bonds. The summed E-state index contributed by atoms with van der Waals surface area (Å²) in [6.45, 7) is -0.681. The van der Waals surface area contributed by atoms with Crippen LogP contribution in [0, 0.1) is 15.9 Å². The molecule has 178 valence electrons. The highest BCUT2D eigenvalue weighted by atomic mass is 32.2. The summed E-state index contributed by atoms with van der Waals surface area (Å²) in [5.41, 5.74) is 0.491. The Morgan fingerprint density at radius 1 is 1.18 bits per heavy atom. The number of hydrogen-bond acceptors (Lipinski definition) is 7. The quantitative estimate of drug-likeness (QED) is 0.242. The van der Waals surface area contributed by atoms with E-state index >= 15 is 0 Å². The minimum absolute atomic E-state index is 0.0464. The Kier molecular flexibility index (Phi) is 7.46. The van der Waals surface area contributed by atoms with E-state index in [4.69, 9.17) is 9.15 Å². The van der Waals surface area contributed by atoms with Gasteiger partial charge in [-0.15, -0.1) is 0 Å². The Balaban J connectivity index is 1.44. The molecule has 0 unspecified atom stereocenters. The van der Waals surface area contributed by atoms with Crippen molar-refractivity contribution in [3.8, 4) is 0 Å². The van der Waals surface area contributed by atoms with E-state index in [2.05, 4.69) is 5.32 Å². The molecule has 1 aliphatic rings. The fourth-order valence-electron chi connectivity index (χ4n) is 3.98. The second kappa shape index (κ2) is 10.7. The van der Waals surface area contributed by atoms with Crippen LogP contribution in [0.1, 0.15) is 48.2 Å². The normalized spacial score (nSPS) is 14.1. The van der Waals surface area contributed by atoms with Crippen molar-refractivity contribution in [1.29, 1.82) is 0 Å². The van der Waals surface area contributed by atoms with Crippen LogP contribution in [0.5, 0.6) is 0 Å². The van der Waals surface area contributed by atoms with Gasteiger partial charge in [0.05, 0.1) is 11.0 Å². The van der Waals surface area contributed by atoms with Gasteiger partial charge in [-0.05, 0) is 31.0 Å². The first-order valence-corrected chi connectivity index (χ1v) is 12.0. The van der Waals surface area contributed by atoms with Crippen molar-refractivity contribution < 1.29 is 28.1 Å². The van der Waals surface area contributed by atoms with Gasteiger partial charge in [0.15, 0.2) is 6.61 Å². The van der Waals surface area contributed by atoms with E-state index in [1.807, 2.05) is 18.2 Å². The summed E-state index contributed by atoms with van der Waals surface area (Å²) >= 11 is 1.79. The standard InChI is InChI=1S/C24H23FN2O6S/c25-15-10-11-19(20(12-15)27(30)31)26-22(28)13-32-24(29)23-18(14-34-16-6-2-1-3-7-16)17-8-4-5-9-21(17)33-23/h4-5,8-12,16H,1-3,6-7,13-14H2,(H,26,28). The van der Waals surface area contributed by atoms with Crippen molar-refractivity contribution in [2.24, 2.45) is 0 Å². The molecule has 0 saturated heterocycles. The van der Waals surface area contributed by atoms with Crippen LogP contribution in [0.25, 0.3) is 11.0 Å². The topological polar surface area (TPSA) is 112 Å². The highest BCUT2D eigenvalue weighted by Crippen LogP contribution is 2.35. The number of benzene rings is 2. The molecule has 1 fully saturated rings. The lowest BCUT2D eigenvalue weighted by molar-refractivity contribution is -0.384. The number of carbonyl (C=O) groups excluding carboxylic acids is 2. The number of ether oxygens (including phenoxy) is 1. The van der Waals surface area contributed by atoms with Gasteiger partial charge in [0.25, 0.3) is 11.6 Å². The smallest absolute Gasteiger partial charge is 0.375 e. The molecule has 1 aliphatic carbocycles. The number of anilines is 1. The number of nitrogens with zero attached hydrogens (tertiary/aromatic N) is 1. The van der Waals surface area contributed by atoms with Gasteiger partial charge in [-0.25, -0.2) is 9.18 Å². The molecular weight excluding hydrogens is 463 g/mol. The van der Waals surface area contributed by atoms with Gasteiger partial charge in [-0.3, -0.25) is 14.9 Å². The minimum Gasteiger partial charge on any atom is -0.450 e. The van der Waals surface area contributed by atoms with Crippen LogP contribution in [-0.2, 0) is 15.3 Å². The molecule has 0 spiro atoms. The zero-order valence-electron chi connectivity index (χ0n) is 18.3. The summed E-state index contributed by atoms with van der Waals surface area (Å²) < 4.78 is 24.2. The number of rotatable bonds is 8. The van der Waals surface area contributed by atoms with E-state index in [1.54, 1.807) is 17.8 Å². The molecule has 8 nitrogen and oxygen atoms in total. The number of fused-ring (bicyclic) bond motifs is 1. The number of hydrogen-bond donors (Lipinski definition) is 1. The summed E-state index contributed by atoms with van der Waals surface area (Å²) in [6.07, 6.45) is 5.97. The molecule has 3 aromatic rings. The minimum atomic E-state index is -0.810. The zero-order chi connectivity index (χ0) is 24.1. The molecule has 0 bridgehead atoms. The number of halogens is 1. The van der Waals surface area contributed by atoms with Crippen molar-refractivity contribution in [3.05, 3.63) is 69.7 Å². The summed E-state index contributed by atoms with van der Waals surface area (Å²) in [4.78, 5) is 35.3. The van der Waals surface area contributed by atoms with Crippen LogP contribution < -0.4 is 5.32 Å². The number of furan rings is 1. The molecule has 1 aromatic heterocycles. The molecule has 0 radical (unpaired) electrons. The molecule has 1 heterocycles. The molecule has 0 aliphatic heterocycles. The maximum atomic E-state index is 13.3. The van der Waals surface area contributed by atoms with E-state index < -0.39 is 34.9 Å². The number of carbonyl (C=O) groups is 2. The van der Waals surface area contributed by atoms with Gasteiger partial charge in [0, 0.05) is 22.0 Å². The molecule has 1 saturated carbocycles. The van der Waals surface area contributed by atoms with Gasteiger partial charge >= 0.3 is 5.97 Å². The predicted octanol–water partition coefficient (Wildman–Crippen LogP) is 5.84. The Hall–Kier alpha value is -3.40. The Morgan fingerprint density at radius 3 is 2.71 bits per heavy atom. The number of nitro groups is 1. The molecule has 4 rings (SSSR count). The van der Waals surface area contributed by atoms with Crippen LogP contribution in [0.2, 0.25) is 0 Å². The zero-order valence-corrected chi connectivity index (χ0v) is 19.1. The summed E-state index contributed by atoms with van der Waals surface area (Å²) in [6, 6.07) is 10.1. The maximum absolute atomic E-state index is 13.3. The van der Waals surface area contributed by atoms with Gasteiger partial charge in [0.2, 0.25) is 5.76 Å². The van der Waals surface area contributed by atoms with E-state index in [1.165, 1.54) is 19.3 Å². The van der Waals surface area contributed by atoms with E-state index in [-0.39, 0.29) is 11.4 Å². The maximum Gasteiger partial charge on any atom is 0.375 e. The van der Waals surface area contributed by atoms with Gasteiger partial charge < -0.3 is 14.5 Å². The third-order valence-electron chi connectivity index (χ3n) is 5.66. The monoisotopic (exact) mass is 486 g/mol. The van der Waals surface area contributed by atoms with Crippen LogP contribution in [-0.4, -0.2) is 28.7 Å². The number of esters is 1. The van der Waals surface area contributed by atoms with Crippen LogP contribution >= 0.6 is 11.8 Å². The van der Waals surface area contributed by atoms with Crippen molar-refractivity contribution in [3.63, 3.8) is 0 Å². The fraction of sp³-hybridized carbons (Fsp3) is 0.333. The SMILES string of the molecule is O=C(COC(=O)c1oc2ccccc2c1CSC1CCCCC1)Nc1ccc(F)cc1[N+](=O)[O-]. The Labute approximate surface area is 199 Å². The predicted molar refractivity (Wildman–Crippen MR) is 126 cm³/mol. The highest BCUT2D eigenvalue weighted by molar-refractivity contribution is 7.99. The number of amides is 1. The van der Waals surface area contributed by atoms with E-state index in [9.17, 15) is 24.1 Å². The van der Waals surface area contributed by atoms with Gasteiger partial charge in [-0.2, -0.15) is 11.8 Å². The summed E-state index contributed by atoms with van der Waals surface area (Å²) in [5, 5.41) is 14.7. The lowest BCUT2D eigenvalue weighted by Gasteiger charge is -2.20. The largest absolute Gasteiger partial charge is 0.450 e. The fourth-order valence-corrected chi connectivity index (χ4v) is 5.34. The number of nitro benzene ring substituents is 1. The third-order valence-corrected chi connectivity index (χ3v) is 7.06. The number of nitrogens with one attached hydrogen (secondary N) is 1. The van der Waals surface area contributed by atoms with Crippen LogP contribution in [0.4, 0.5) is 15.8 Å². The molecule has 34 heavy (non-hydrogen) atoms. The van der Waals surface area contributed by atoms with Gasteiger partial charge in [-0.1, -0.05) is 37.5 Å². The summed E-state index contributed by atoms with van der Waals surface area (Å²) in [7, 11) is 0. The van der Waals surface area contributed by atoms with E-state index in [0.717, 1.165) is 35.9 Å². The van der Waals surface area contributed by atoms with Crippen molar-refractivity contribution in [2.75, 3.05) is 11.9 Å². The first-order valence-electron chi connectivity index (χ1n) is 11.0. The highest BCUT2D eigenvalue weighted by Gasteiger charge is 2.25. The lowest BCUT2D eigenvalue weighted by Crippen LogP contribution is -2.21. The molecule has 0 atom stereocenters. The Bertz CT molecular complexity index is 1220. The second-order valence-electron chi connectivity index (χ2n) is 8.02. The molecule has 1 N–H and O–H groups in total. The number of thioether (sulfide) groups is 1. The average molecular weight is 487 g/mol. The number of para-hydroxylation sites is 1. The van der Waals surface area contributed by atoms with Crippen molar-refractivity contribution in [1.82, 2.24) is 0 Å². The van der Waals surface area contributed by atoms with Crippen molar-refractivity contribution in [2.45, 2.75) is 43.1 Å². The Morgan fingerprint density at radius 2 is 1.94 bits per heavy atom. The molecular formula is C24H23FN2O6S. The van der Waals surface area contributed by atoms with Crippen LogP contribution in [0.15, 0.2) is 46.9 Å². The third kappa shape index (κ3) is 5.56. The van der Waals surface area contributed by atoms with Crippen molar-refractivity contribution >= 4 is 46.0 Å². The first-order chi connectivity index (χ1) is 16.4. The van der Waals surface area contributed by atoms with E-state index in [0.29, 0.717) is 22.7 Å². The lowest BCUT2D eigenvalue weighted by atomic mass is 10.0. The van der Waals surface area contributed by atoms with Gasteiger partial charge in [0.1, 0.15) is 17.1 Å².